The number of carbonyl (C=O) groups excluding carboxylic acids is 2. The van der Waals surface area contributed by atoms with E-state index in [1.54, 1.807) is 38.4 Å². The van der Waals surface area contributed by atoms with Gasteiger partial charge in [0.2, 0.25) is 14.2 Å². The van der Waals surface area contributed by atoms with E-state index in [4.69, 9.17) is 32.7 Å². The molecule has 1 aliphatic heterocycles. The number of urea groups is 1. The molecule has 2 aromatic carbocycles. The minimum Gasteiger partial charge on any atom is -0.478 e. The molecular weight excluding hydrogens is 653 g/mol. The van der Waals surface area contributed by atoms with Crippen LogP contribution < -0.4 is 10.6 Å². The van der Waals surface area contributed by atoms with Crippen molar-refractivity contribution in [1.29, 1.82) is 0 Å². The molecule has 2 aliphatic rings. The first-order valence-corrected chi connectivity index (χ1v) is 19.7. The molecule has 3 amide bonds. The number of carbonyl (C=O) groups is 3. The normalized spacial score (nSPS) is 20.0. The standard InChI is InChI=1S/C33H45Cl2NO4Si.C3H8N2O/c1-20(2)41(21(3)4,22(5)6)40-28-13-11-27(12-14-28)36-16-15-25(32(36)37)17-29-30(34)18-26(19-31(29)35)23-7-9-24(10-8-23)33(38)39;1-4-3(6)5-2/h7-10,18-22,25,27-28H,11-17H2,1-6H3,(H,38,39);1-2H3,(H2,4,5,6)/t25-,27?,28?;/m0./s1. The Hall–Kier alpha value is -2.59. The van der Waals surface area contributed by atoms with E-state index in [0.717, 1.165) is 55.3 Å². The van der Waals surface area contributed by atoms with Crippen molar-refractivity contribution in [2.45, 2.75) is 109 Å². The molecule has 0 unspecified atom stereocenters. The molecule has 0 radical (unpaired) electrons. The lowest BCUT2D eigenvalue weighted by atomic mass is 9.92. The lowest BCUT2D eigenvalue weighted by molar-refractivity contribution is -0.133. The summed E-state index contributed by atoms with van der Waals surface area (Å²) < 4.78 is 7.07. The number of hydrogen-bond donors (Lipinski definition) is 3. The number of nitrogens with zero attached hydrogens (tertiary/aromatic N) is 1. The second-order valence-corrected chi connectivity index (χ2v) is 19.9. The average Bonchev–Trinajstić information content (AvgIpc) is 3.40. The molecule has 2 fully saturated rings. The van der Waals surface area contributed by atoms with E-state index in [1.165, 1.54) is 0 Å². The Morgan fingerprint density at radius 2 is 1.38 bits per heavy atom. The largest absolute Gasteiger partial charge is 0.478 e. The number of carboxylic acids is 1. The van der Waals surface area contributed by atoms with Crippen LogP contribution in [0.2, 0.25) is 26.7 Å². The molecule has 47 heavy (non-hydrogen) atoms. The molecule has 1 saturated heterocycles. The Kier molecular flexibility index (Phi) is 14.2. The summed E-state index contributed by atoms with van der Waals surface area (Å²) in [5.74, 6) is -0.876. The number of aromatic carboxylic acids is 1. The Morgan fingerprint density at radius 3 is 1.81 bits per heavy atom. The van der Waals surface area contributed by atoms with E-state index in [1.807, 2.05) is 12.1 Å². The Morgan fingerprint density at radius 1 is 0.872 bits per heavy atom. The summed E-state index contributed by atoms with van der Waals surface area (Å²) in [6.45, 7) is 14.8. The number of benzene rings is 2. The Labute approximate surface area is 292 Å². The van der Waals surface area contributed by atoms with Crippen molar-refractivity contribution < 1.29 is 23.9 Å². The van der Waals surface area contributed by atoms with Crippen molar-refractivity contribution in [2.75, 3.05) is 20.6 Å². The van der Waals surface area contributed by atoms with Crippen molar-refractivity contribution in [3.8, 4) is 11.1 Å². The van der Waals surface area contributed by atoms with E-state index in [9.17, 15) is 14.4 Å². The maximum Gasteiger partial charge on any atom is 0.335 e. The predicted octanol–water partition coefficient (Wildman–Crippen LogP) is 8.80. The topological polar surface area (TPSA) is 108 Å². The van der Waals surface area contributed by atoms with Crippen molar-refractivity contribution in [1.82, 2.24) is 15.5 Å². The van der Waals surface area contributed by atoms with Gasteiger partial charge in [0.25, 0.3) is 0 Å². The maximum atomic E-state index is 13.6. The fraction of sp³-hybridized carbons (Fsp3) is 0.583. The second-order valence-electron chi connectivity index (χ2n) is 13.7. The first-order valence-electron chi connectivity index (χ1n) is 16.8. The third-order valence-electron chi connectivity index (χ3n) is 10.0. The van der Waals surface area contributed by atoms with Crippen LogP contribution in [0.4, 0.5) is 4.79 Å². The third-order valence-corrected chi connectivity index (χ3v) is 16.9. The number of nitrogens with one attached hydrogen (secondary N) is 2. The van der Waals surface area contributed by atoms with Gasteiger partial charge in [-0.25, -0.2) is 9.59 Å². The first-order chi connectivity index (χ1) is 22.2. The highest BCUT2D eigenvalue weighted by Gasteiger charge is 2.47. The molecule has 0 aromatic heterocycles. The summed E-state index contributed by atoms with van der Waals surface area (Å²) in [6, 6.07) is 10.5. The zero-order chi connectivity index (χ0) is 35.1. The lowest BCUT2D eigenvalue weighted by Crippen LogP contribution is -2.51. The lowest BCUT2D eigenvalue weighted by Gasteiger charge is -2.46. The highest BCUT2D eigenvalue weighted by atomic mass is 35.5. The van der Waals surface area contributed by atoms with E-state index < -0.39 is 14.3 Å². The predicted molar refractivity (Wildman–Crippen MR) is 194 cm³/mol. The van der Waals surface area contributed by atoms with Crippen LogP contribution in [-0.4, -0.2) is 69.0 Å². The third kappa shape index (κ3) is 9.31. The molecule has 260 valence electrons. The summed E-state index contributed by atoms with van der Waals surface area (Å²) in [7, 11) is 1.23. The quantitative estimate of drug-likeness (QED) is 0.214. The molecular formula is C36H53Cl2N3O5Si. The van der Waals surface area contributed by atoms with Gasteiger partial charge in [0.1, 0.15) is 0 Å². The summed E-state index contributed by atoms with van der Waals surface area (Å²) in [5.41, 5.74) is 4.41. The van der Waals surface area contributed by atoms with Gasteiger partial charge in [-0.1, -0.05) is 76.9 Å². The number of hydrogen-bond acceptors (Lipinski definition) is 4. The summed E-state index contributed by atoms with van der Waals surface area (Å²) in [4.78, 5) is 36.8. The first kappa shape index (κ1) is 38.9. The fourth-order valence-electron chi connectivity index (χ4n) is 7.63. The SMILES string of the molecule is CC(C)[Si](OC1CCC(N2CC[C@@H](Cc3c(Cl)cc(-c4ccc(C(=O)O)cc4)cc3Cl)C2=O)CC1)(C(C)C)C(C)C.CNC(=O)NC. The van der Waals surface area contributed by atoms with Crippen LogP contribution in [-0.2, 0) is 15.6 Å². The van der Waals surface area contributed by atoms with E-state index >= 15 is 0 Å². The monoisotopic (exact) mass is 705 g/mol. The zero-order valence-corrected chi connectivity index (χ0v) is 31.7. The summed E-state index contributed by atoms with van der Waals surface area (Å²) >= 11 is 13.4. The summed E-state index contributed by atoms with van der Waals surface area (Å²) in [6.07, 6.45) is 5.67. The van der Waals surface area contributed by atoms with Crippen molar-refractivity contribution >= 4 is 49.4 Å². The molecule has 4 rings (SSSR count). The van der Waals surface area contributed by atoms with Crippen molar-refractivity contribution in [3.05, 3.63) is 57.6 Å². The number of likely N-dealkylation sites (tertiary alicyclic amines) is 1. The minimum absolute atomic E-state index is 0.123. The van der Waals surface area contributed by atoms with Gasteiger partial charge in [0.05, 0.1) is 5.56 Å². The van der Waals surface area contributed by atoms with Crippen LogP contribution in [0.1, 0.15) is 89.6 Å². The Balaban J connectivity index is 0.000000913. The van der Waals surface area contributed by atoms with Crippen LogP contribution in [0, 0.1) is 5.92 Å². The molecule has 1 aliphatic carbocycles. The van der Waals surface area contributed by atoms with Crippen LogP contribution in [0.25, 0.3) is 11.1 Å². The van der Waals surface area contributed by atoms with Crippen LogP contribution >= 0.6 is 23.2 Å². The van der Waals surface area contributed by atoms with Gasteiger partial charge in [0.15, 0.2) is 0 Å². The number of halogens is 2. The van der Waals surface area contributed by atoms with Gasteiger partial charge in [-0.3, -0.25) is 4.79 Å². The maximum absolute atomic E-state index is 13.6. The molecule has 3 N–H and O–H groups in total. The van der Waals surface area contributed by atoms with Gasteiger partial charge in [-0.2, -0.15) is 0 Å². The van der Waals surface area contributed by atoms with Gasteiger partial charge in [-0.15, -0.1) is 0 Å². The minimum atomic E-state index is -1.91. The molecule has 1 heterocycles. The number of rotatable bonds is 10. The van der Waals surface area contributed by atoms with Crippen molar-refractivity contribution in [2.24, 2.45) is 5.92 Å². The van der Waals surface area contributed by atoms with E-state index in [2.05, 4.69) is 57.1 Å². The van der Waals surface area contributed by atoms with Gasteiger partial charge >= 0.3 is 12.0 Å². The Bertz CT molecular complexity index is 1330. The molecule has 2 aromatic rings. The van der Waals surface area contributed by atoms with E-state index in [0.29, 0.717) is 39.2 Å². The van der Waals surface area contributed by atoms with Gasteiger partial charge in [0, 0.05) is 48.7 Å². The summed E-state index contributed by atoms with van der Waals surface area (Å²) in [5, 5.41) is 15.0. The number of carboxylic acid groups (broad SMARTS) is 1. The molecule has 1 saturated carbocycles. The second kappa shape index (κ2) is 17.2. The number of amides is 3. The molecule has 8 nitrogen and oxygen atoms in total. The smallest absolute Gasteiger partial charge is 0.335 e. The molecule has 1 atom stereocenters. The van der Waals surface area contributed by atoms with Crippen LogP contribution in [0.5, 0.6) is 0 Å². The fourth-order valence-corrected chi connectivity index (χ4v) is 13.9. The van der Waals surface area contributed by atoms with Crippen molar-refractivity contribution in [3.63, 3.8) is 0 Å². The molecule has 0 spiro atoms. The highest BCUT2D eigenvalue weighted by Crippen LogP contribution is 2.45. The molecule has 11 heteroatoms. The van der Waals surface area contributed by atoms with Crippen LogP contribution in [0.15, 0.2) is 36.4 Å². The van der Waals surface area contributed by atoms with Gasteiger partial charge < -0.3 is 25.1 Å². The van der Waals surface area contributed by atoms with Crippen LogP contribution in [0.3, 0.4) is 0 Å². The zero-order valence-electron chi connectivity index (χ0n) is 29.2. The van der Waals surface area contributed by atoms with E-state index in [-0.39, 0.29) is 29.5 Å². The average molecular weight is 707 g/mol. The highest BCUT2D eigenvalue weighted by molar-refractivity contribution is 6.77. The molecule has 0 bridgehead atoms. The van der Waals surface area contributed by atoms with Gasteiger partial charge in [-0.05, 0) is 96.1 Å².